The van der Waals surface area contributed by atoms with E-state index in [2.05, 4.69) is 22.2 Å². The number of hydrogen-bond acceptors (Lipinski definition) is 5. The van der Waals surface area contributed by atoms with E-state index in [1.165, 1.54) is 4.88 Å². The predicted octanol–water partition coefficient (Wildman–Crippen LogP) is 3.11. The topological polar surface area (TPSA) is 58.1 Å². The highest BCUT2D eigenvalue weighted by Gasteiger charge is 2.50. The number of anilines is 2. The minimum atomic E-state index is -0.478. The van der Waals surface area contributed by atoms with E-state index in [4.69, 9.17) is 0 Å². The van der Waals surface area contributed by atoms with E-state index in [0.29, 0.717) is 6.04 Å². The zero-order valence-corrected chi connectivity index (χ0v) is 14.4. The molecule has 1 aliphatic carbocycles. The van der Waals surface area contributed by atoms with Gasteiger partial charge in [-0.25, -0.2) is 9.97 Å². The number of nitrogens with one attached hydrogen (secondary N) is 1. The Bertz CT molecular complexity index is 763. The average Bonchev–Trinajstić information content (AvgIpc) is 2.97. The predicted molar refractivity (Wildman–Crippen MR) is 92.0 cm³/mol. The lowest BCUT2D eigenvalue weighted by molar-refractivity contribution is -0.122. The van der Waals surface area contributed by atoms with Crippen molar-refractivity contribution in [3.8, 4) is 0 Å². The molecule has 5 nitrogen and oxygen atoms in total. The van der Waals surface area contributed by atoms with Gasteiger partial charge in [-0.15, -0.1) is 11.3 Å². The summed E-state index contributed by atoms with van der Waals surface area (Å²) in [5.41, 5.74) is 0.561. The molecule has 0 unspecified atom stereocenters. The van der Waals surface area contributed by atoms with Crippen LogP contribution in [0.25, 0.3) is 0 Å². The third-order valence-corrected chi connectivity index (χ3v) is 5.71. The summed E-state index contributed by atoms with van der Waals surface area (Å²) in [6.07, 6.45) is 5.54. The van der Waals surface area contributed by atoms with Crippen molar-refractivity contribution in [2.75, 3.05) is 10.2 Å². The fourth-order valence-corrected chi connectivity index (χ4v) is 4.18. The number of aryl methyl sites for hydroxylation is 1. The highest BCUT2D eigenvalue weighted by molar-refractivity contribution is 7.15. The van der Waals surface area contributed by atoms with Crippen LogP contribution < -0.4 is 10.2 Å². The number of hydrogen-bond donors (Lipinski definition) is 1. The number of nitrogens with zero attached hydrogens (tertiary/aromatic N) is 3. The van der Waals surface area contributed by atoms with Crippen molar-refractivity contribution in [3.05, 3.63) is 35.0 Å². The van der Waals surface area contributed by atoms with E-state index in [1.54, 1.807) is 17.5 Å². The standard InChI is InChI=1S/C17H20N4OS/c1-10-9-19-16(23-10)20-11-7-12(8-11)21-14-13(5-4-6-18-14)17(2,3)15(21)22/h4-6,9,11-12H,7-8H2,1-3H3,(H,19,20)/t11-,12-. The molecule has 0 bridgehead atoms. The highest BCUT2D eigenvalue weighted by atomic mass is 32.1. The molecule has 0 saturated heterocycles. The number of carbonyl (C=O) groups is 1. The van der Waals surface area contributed by atoms with Crippen molar-refractivity contribution in [3.63, 3.8) is 0 Å². The summed E-state index contributed by atoms with van der Waals surface area (Å²) in [6.45, 7) is 6.03. The molecule has 0 aromatic carbocycles. The van der Waals surface area contributed by atoms with Crippen LogP contribution in [-0.4, -0.2) is 28.0 Å². The lowest BCUT2D eigenvalue weighted by atomic mass is 9.84. The lowest BCUT2D eigenvalue weighted by Crippen LogP contribution is -2.53. The molecule has 4 rings (SSSR count). The molecule has 1 N–H and O–H groups in total. The first-order valence-electron chi connectivity index (χ1n) is 7.95. The van der Waals surface area contributed by atoms with Crippen LogP contribution in [0.2, 0.25) is 0 Å². The first kappa shape index (κ1) is 14.6. The Morgan fingerprint density at radius 3 is 2.83 bits per heavy atom. The monoisotopic (exact) mass is 328 g/mol. The molecule has 0 radical (unpaired) electrons. The number of aromatic nitrogens is 2. The fraction of sp³-hybridized carbons (Fsp3) is 0.471. The minimum absolute atomic E-state index is 0.166. The van der Waals surface area contributed by atoms with E-state index in [1.807, 2.05) is 37.1 Å². The van der Waals surface area contributed by atoms with Gasteiger partial charge in [0, 0.05) is 34.9 Å². The Balaban J connectivity index is 1.49. The first-order chi connectivity index (χ1) is 11.0. The maximum absolute atomic E-state index is 12.8. The van der Waals surface area contributed by atoms with Gasteiger partial charge in [-0.05, 0) is 39.7 Å². The van der Waals surface area contributed by atoms with Gasteiger partial charge in [-0.3, -0.25) is 9.69 Å². The van der Waals surface area contributed by atoms with Gasteiger partial charge in [0.2, 0.25) is 5.91 Å². The number of rotatable bonds is 3. The molecule has 6 heteroatoms. The molecule has 120 valence electrons. The van der Waals surface area contributed by atoms with Crippen molar-refractivity contribution in [1.29, 1.82) is 0 Å². The molecular formula is C17H20N4OS. The maximum atomic E-state index is 12.8. The summed E-state index contributed by atoms with van der Waals surface area (Å²) in [6, 6.07) is 4.55. The normalized spacial score (nSPS) is 25.2. The third kappa shape index (κ3) is 2.24. The Labute approximate surface area is 139 Å². The van der Waals surface area contributed by atoms with Gasteiger partial charge >= 0.3 is 0 Å². The van der Waals surface area contributed by atoms with Crippen molar-refractivity contribution < 1.29 is 4.79 Å². The SMILES string of the molecule is Cc1cnc(N[C@H]2C[C@H](N3C(=O)C(C)(C)c4cccnc43)C2)s1. The molecule has 2 aromatic rings. The van der Waals surface area contributed by atoms with Crippen LogP contribution in [0.3, 0.4) is 0 Å². The van der Waals surface area contributed by atoms with Gasteiger partial charge in [0.1, 0.15) is 5.82 Å². The second-order valence-corrected chi connectivity index (χ2v) is 8.15. The van der Waals surface area contributed by atoms with Crippen LogP contribution in [0.5, 0.6) is 0 Å². The third-order valence-electron chi connectivity index (χ3n) is 4.87. The van der Waals surface area contributed by atoms with Gasteiger partial charge in [-0.1, -0.05) is 6.07 Å². The summed E-state index contributed by atoms with van der Waals surface area (Å²) in [5.74, 6) is 1.01. The van der Waals surface area contributed by atoms with Gasteiger partial charge in [0.25, 0.3) is 0 Å². The zero-order valence-electron chi connectivity index (χ0n) is 13.5. The smallest absolute Gasteiger partial charge is 0.238 e. The van der Waals surface area contributed by atoms with Gasteiger partial charge in [0.05, 0.1) is 5.41 Å². The number of amides is 1. The summed E-state index contributed by atoms with van der Waals surface area (Å²) in [7, 11) is 0. The summed E-state index contributed by atoms with van der Waals surface area (Å²) in [4.78, 5) is 24.8. The molecule has 2 aromatic heterocycles. The molecule has 1 fully saturated rings. The number of fused-ring (bicyclic) bond motifs is 1. The molecular weight excluding hydrogens is 308 g/mol. The minimum Gasteiger partial charge on any atom is -0.359 e. The summed E-state index contributed by atoms with van der Waals surface area (Å²) in [5, 5.41) is 4.43. The first-order valence-corrected chi connectivity index (χ1v) is 8.76. The van der Waals surface area contributed by atoms with Crippen LogP contribution >= 0.6 is 11.3 Å². The summed E-state index contributed by atoms with van der Waals surface area (Å²) >= 11 is 1.67. The molecule has 23 heavy (non-hydrogen) atoms. The summed E-state index contributed by atoms with van der Waals surface area (Å²) < 4.78 is 0. The van der Waals surface area contributed by atoms with Crippen LogP contribution in [0.4, 0.5) is 10.9 Å². The van der Waals surface area contributed by atoms with Crippen molar-refractivity contribution >= 4 is 28.2 Å². The van der Waals surface area contributed by atoms with Crippen LogP contribution in [0.1, 0.15) is 37.1 Å². The quantitative estimate of drug-likeness (QED) is 0.940. The Hall–Kier alpha value is -1.95. The van der Waals surface area contributed by atoms with Gasteiger partial charge < -0.3 is 5.32 Å². The van der Waals surface area contributed by atoms with E-state index >= 15 is 0 Å². The average molecular weight is 328 g/mol. The van der Waals surface area contributed by atoms with E-state index in [0.717, 1.165) is 29.4 Å². The maximum Gasteiger partial charge on any atom is 0.238 e. The lowest BCUT2D eigenvalue weighted by Gasteiger charge is -2.41. The van der Waals surface area contributed by atoms with E-state index in [9.17, 15) is 4.79 Å². The molecule has 1 amide bonds. The second-order valence-electron chi connectivity index (χ2n) is 6.92. The van der Waals surface area contributed by atoms with Crippen LogP contribution in [0.15, 0.2) is 24.5 Å². The molecule has 1 saturated carbocycles. The molecule has 2 aliphatic rings. The molecule has 3 heterocycles. The molecule has 0 spiro atoms. The second kappa shape index (κ2) is 5.03. The van der Waals surface area contributed by atoms with Crippen molar-refractivity contribution in [1.82, 2.24) is 9.97 Å². The number of carbonyl (C=O) groups excluding carboxylic acids is 1. The fourth-order valence-electron chi connectivity index (χ4n) is 3.44. The molecule has 1 aliphatic heterocycles. The Morgan fingerprint density at radius 2 is 2.13 bits per heavy atom. The molecule has 0 atom stereocenters. The van der Waals surface area contributed by atoms with Gasteiger partial charge in [0.15, 0.2) is 5.13 Å². The Kier molecular flexibility index (Phi) is 3.20. The van der Waals surface area contributed by atoms with E-state index in [-0.39, 0.29) is 11.9 Å². The zero-order chi connectivity index (χ0) is 16.2. The van der Waals surface area contributed by atoms with Crippen molar-refractivity contribution in [2.45, 2.75) is 51.1 Å². The van der Waals surface area contributed by atoms with Crippen molar-refractivity contribution in [2.24, 2.45) is 0 Å². The largest absolute Gasteiger partial charge is 0.359 e. The van der Waals surface area contributed by atoms with E-state index < -0.39 is 5.41 Å². The number of pyridine rings is 1. The van der Waals surface area contributed by atoms with Crippen LogP contribution in [-0.2, 0) is 10.2 Å². The van der Waals surface area contributed by atoms with Gasteiger partial charge in [-0.2, -0.15) is 0 Å². The van der Waals surface area contributed by atoms with Crippen LogP contribution in [0, 0.1) is 6.92 Å². The highest BCUT2D eigenvalue weighted by Crippen LogP contribution is 2.44. The number of thiazole rings is 1. The Morgan fingerprint density at radius 1 is 1.35 bits per heavy atom.